The van der Waals surface area contributed by atoms with Crippen LogP contribution >= 0.6 is 12.4 Å². The van der Waals surface area contributed by atoms with Gasteiger partial charge in [0.2, 0.25) is 0 Å². The van der Waals surface area contributed by atoms with Crippen LogP contribution in [0.2, 0.25) is 0 Å². The van der Waals surface area contributed by atoms with Crippen LogP contribution in [0, 0.1) is 13.8 Å². The van der Waals surface area contributed by atoms with Gasteiger partial charge in [-0.1, -0.05) is 24.3 Å². The number of aromatic nitrogens is 2. The van der Waals surface area contributed by atoms with Crippen molar-refractivity contribution in [2.75, 3.05) is 7.11 Å². The molecule has 4 nitrogen and oxygen atoms in total. The minimum atomic E-state index is -4.35. The molecule has 0 fully saturated rings. The van der Waals surface area contributed by atoms with E-state index in [1.807, 2.05) is 38.1 Å². The van der Waals surface area contributed by atoms with Crippen molar-refractivity contribution in [2.24, 2.45) is 0 Å². The van der Waals surface area contributed by atoms with Gasteiger partial charge in [0, 0.05) is 24.5 Å². The molecule has 174 valence electrons. The number of rotatable bonds is 6. The van der Waals surface area contributed by atoms with Gasteiger partial charge in [0.25, 0.3) is 0 Å². The number of pyridine rings is 1. The first-order chi connectivity index (χ1) is 15.3. The van der Waals surface area contributed by atoms with Crippen LogP contribution in [0.5, 0.6) is 11.5 Å². The van der Waals surface area contributed by atoms with Gasteiger partial charge >= 0.3 is 6.18 Å². The first kappa shape index (κ1) is 24.5. The van der Waals surface area contributed by atoms with Gasteiger partial charge < -0.3 is 14.0 Å². The summed E-state index contributed by atoms with van der Waals surface area (Å²) in [5, 5.41) is 0. The standard InChI is InChI=1S/C25H23F3N2O2.ClH/c1-16-17(2)30(14-18-6-10-21(31-3)11-7-18)24-22(12-13-29-23(16)24)32-15-19-4-8-20(9-5-19)25(26,27)28;/h4-13H,14-15H2,1-3H3;1H. The topological polar surface area (TPSA) is 36.3 Å². The van der Waals surface area contributed by atoms with Crippen molar-refractivity contribution in [3.8, 4) is 11.5 Å². The smallest absolute Gasteiger partial charge is 0.416 e. The van der Waals surface area contributed by atoms with Crippen LogP contribution < -0.4 is 9.47 Å². The molecule has 0 saturated carbocycles. The molecule has 0 aliphatic carbocycles. The van der Waals surface area contributed by atoms with Gasteiger partial charge in [-0.2, -0.15) is 13.2 Å². The highest BCUT2D eigenvalue weighted by atomic mass is 35.5. The normalized spacial score (nSPS) is 11.3. The Balaban J connectivity index is 0.00000306. The maximum atomic E-state index is 12.8. The van der Waals surface area contributed by atoms with E-state index in [-0.39, 0.29) is 19.0 Å². The SMILES string of the molecule is COc1ccc(Cn2c(C)c(C)c3nccc(OCc4ccc(C(F)(F)F)cc4)c32)cc1.Cl. The van der Waals surface area contributed by atoms with E-state index in [9.17, 15) is 13.2 Å². The van der Waals surface area contributed by atoms with E-state index < -0.39 is 11.7 Å². The summed E-state index contributed by atoms with van der Waals surface area (Å²) >= 11 is 0. The second-order valence-corrected chi connectivity index (χ2v) is 7.63. The minimum Gasteiger partial charge on any atom is -0.497 e. The second-order valence-electron chi connectivity index (χ2n) is 7.63. The van der Waals surface area contributed by atoms with Crippen LogP contribution in [0.25, 0.3) is 11.0 Å². The fourth-order valence-corrected chi connectivity index (χ4v) is 3.69. The molecule has 0 spiro atoms. The number of alkyl halides is 3. The predicted molar refractivity (Wildman–Crippen MR) is 124 cm³/mol. The van der Waals surface area contributed by atoms with Crippen molar-refractivity contribution >= 4 is 23.4 Å². The third-order valence-corrected chi connectivity index (χ3v) is 5.64. The lowest BCUT2D eigenvalue weighted by Gasteiger charge is -2.13. The van der Waals surface area contributed by atoms with E-state index in [0.29, 0.717) is 17.9 Å². The van der Waals surface area contributed by atoms with Crippen LogP contribution in [0.15, 0.2) is 60.8 Å². The fraction of sp³-hybridized carbons (Fsp3) is 0.240. The van der Waals surface area contributed by atoms with E-state index in [0.717, 1.165) is 45.7 Å². The molecule has 2 heterocycles. The van der Waals surface area contributed by atoms with Crippen molar-refractivity contribution in [3.63, 3.8) is 0 Å². The summed E-state index contributed by atoms with van der Waals surface area (Å²) in [5.74, 6) is 1.43. The molecule has 4 aromatic rings. The van der Waals surface area contributed by atoms with E-state index >= 15 is 0 Å². The highest BCUT2D eigenvalue weighted by molar-refractivity contribution is 5.86. The summed E-state index contributed by atoms with van der Waals surface area (Å²) < 4.78 is 51.9. The second kappa shape index (κ2) is 9.75. The number of fused-ring (bicyclic) bond motifs is 1. The Bertz CT molecular complexity index is 1230. The molecule has 0 atom stereocenters. The number of aryl methyl sites for hydroxylation is 1. The van der Waals surface area contributed by atoms with Gasteiger partial charge in [0.05, 0.1) is 18.2 Å². The summed E-state index contributed by atoms with van der Waals surface area (Å²) in [6.45, 7) is 4.85. The Morgan fingerprint density at radius 2 is 1.55 bits per heavy atom. The van der Waals surface area contributed by atoms with Crippen LogP contribution in [0.3, 0.4) is 0 Å². The molecule has 0 radical (unpaired) electrons. The lowest BCUT2D eigenvalue weighted by Crippen LogP contribution is -2.06. The Morgan fingerprint density at radius 3 is 2.15 bits per heavy atom. The van der Waals surface area contributed by atoms with E-state index in [1.54, 1.807) is 19.4 Å². The monoisotopic (exact) mass is 476 g/mol. The van der Waals surface area contributed by atoms with Crippen LogP contribution in [0.1, 0.15) is 27.9 Å². The summed E-state index contributed by atoms with van der Waals surface area (Å²) in [7, 11) is 1.63. The van der Waals surface area contributed by atoms with Gasteiger partial charge in [-0.25, -0.2) is 0 Å². The summed E-state index contributed by atoms with van der Waals surface area (Å²) in [4.78, 5) is 4.54. The Kier molecular flexibility index (Phi) is 7.22. The van der Waals surface area contributed by atoms with Gasteiger partial charge in [-0.05, 0) is 54.8 Å². The highest BCUT2D eigenvalue weighted by Crippen LogP contribution is 2.33. The molecule has 8 heteroatoms. The molecule has 0 bridgehead atoms. The van der Waals surface area contributed by atoms with E-state index in [4.69, 9.17) is 9.47 Å². The zero-order valence-corrected chi connectivity index (χ0v) is 19.3. The molecule has 0 aliphatic heterocycles. The molecule has 0 saturated heterocycles. The Labute approximate surface area is 196 Å². The molecular formula is C25H24ClF3N2O2. The average Bonchev–Trinajstić information content (AvgIpc) is 3.03. The Morgan fingerprint density at radius 1 is 0.909 bits per heavy atom. The molecule has 2 aromatic heterocycles. The maximum absolute atomic E-state index is 12.8. The predicted octanol–water partition coefficient (Wildman–Crippen LogP) is 6.73. The van der Waals surface area contributed by atoms with Gasteiger partial charge in [-0.15, -0.1) is 12.4 Å². The number of halogens is 4. The first-order valence-corrected chi connectivity index (χ1v) is 10.1. The molecule has 0 aliphatic rings. The van der Waals surface area contributed by atoms with Crippen molar-refractivity contribution in [2.45, 2.75) is 33.2 Å². The summed E-state index contributed by atoms with van der Waals surface area (Å²) in [5.41, 5.74) is 4.94. The number of hydrogen-bond donors (Lipinski definition) is 0. The van der Waals surface area contributed by atoms with Crippen LogP contribution in [0.4, 0.5) is 13.2 Å². The largest absolute Gasteiger partial charge is 0.497 e. The third kappa shape index (κ3) is 5.09. The number of ether oxygens (including phenoxy) is 2. The lowest BCUT2D eigenvalue weighted by molar-refractivity contribution is -0.137. The Hall–Kier alpha value is -3.19. The number of hydrogen-bond acceptors (Lipinski definition) is 3. The number of nitrogens with zero attached hydrogens (tertiary/aromatic N) is 2. The molecule has 4 rings (SSSR count). The molecule has 0 amide bonds. The fourth-order valence-electron chi connectivity index (χ4n) is 3.69. The van der Waals surface area contributed by atoms with Gasteiger partial charge in [0.15, 0.2) is 0 Å². The number of methoxy groups -OCH3 is 1. The summed E-state index contributed by atoms with van der Waals surface area (Å²) in [6.07, 6.45) is -2.66. The van der Waals surface area contributed by atoms with E-state index in [2.05, 4.69) is 9.55 Å². The minimum absolute atomic E-state index is 0. The molecular weight excluding hydrogens is 453 g/mol. The zero-order chi connectivity index (χ0) is 22.9. The van der Waals surface area contributed by atoms with Crippen molar-refractivity contribution < 1.29 is 22.6 Å². The van der Waals surface area contributed by atoms with E-state index in [1.165, 1.54) is 12.1 Å². The molecule has 33 heavy (non-hydrogen) atoms. The first-order valence-electron chi connectivity index (χ1n) is 10.1. The summed E-state index contributed by atoms with van der Waals surface area (Å²) in [6, 6.07) is 14.7. The average molecular weight is 477 g/mol. The zero-order valence-electron chi connectivity index (χ0n) is 18.4. The molecule has 0 N–H and O–H groups in total. The molecule has 0 unspecified atom stereocenters. The molecule has 2 aromatic carbocycles. The van der Waals surface area contributed by atoms with Gasteiger partial charge in [-0.3, -0.25) is 4.98 Å². The highest BCUT2D eigenvalue weighted by Gasteiger charge is 2.30. The maximum Gasteiger partial charge on any atom is 0.416 e. The van der Waals surface area contributed by atoms with Gasteiger partial charge in [0.1, 0.15) is 23.6 Å². The third-order valence-electron chi connectivity index (χ3n) is 5.64. The van der Waals surface area contributed by atoms with Crippen molar-refractivity contribution in [1.82, 2.24) is 9.55 Å². The quantitative estimate of drug-likeness (QED) is 0.309. The number of benzene rings is 2. The van der Waals surface area contributed by atoms with Crippen LogP contribution in [-0.4, -0.2) is 16.7 Å². The van der Waals surface area contributed by atoms with Crippen LogP contribution in [-0.2, 0) is 19.3 Å². The lowest BCUT2D eigenvalue weighted by atomic mass is 10.1. The van der Waals surface area contributed by atoms with Crippen molar-refractivity contribution in [3.05, 3.63) is 88.7 Å². The van der Waals surface area contributed by atoms with Crippen molar-refractivity contribution in [1.29, 1.82) is 0 Å².